The third-order valence-electron chi connectivity index (χ3n) is 4.21. The average molecular weight is 390 g/mol. The highest BCUT2D eigenvalue weighted by Gasteiger charge is 2.28. The maximum atomic E-state index is 12.6. The number of nitrogens with zero attached hydrogens (tertiary/aromatic N) is 1. The van der Waals surface area contributed by atoms with E-state index in [0.717, 1.165) is 11.1 Å². The second-order valence-corrected chi connectivity index (χ2v) is 6.81. The Balaban J connectivity index is 1.83. The second kappa shape index (κ2) is 7.40. The fraction of sp³-hybridized carbons (Fsp3) is 0.158. The lowest BCUT2D eigenvalue weighted by Crippen LogP contribution is -2.33. The lowest BCUT2D eigenvalue weighted by Gasteiger charge is -2.32. The Morgan fingerprint density at radius 1 is 1.19 bits per heavy atom. The van der Waals surface area contributed by atoms with Crippen molar-refractivity contribution in [2.24, 2.45) is 0 Å². The molecule has 26 heavy (non-hydrogen) atoms. The predicted molar refractivity (Wildman–Crippen MR) is 105 cm³/mol. The fourth-order valence-electron chi connectivity index (χ4n) is 2.96. The number of fused-ring (bicyclic) bond motifs is 1. The molecule has 1 aliphatic rings. The first-order valence-electron chi connectivity index (χ1n) is 7.97. The number of nitrogens with one attached hydrogen (secondary N) is 1. The normalized spacial score (nSPS) is 15.5. The lowest BCUT2D eigenvalue weighted by atomic mass is 9.93. The van der Waals surface area contributed by atoms with Crippen LogP contribution in [0.5, 0.6) is 0 Å². The predicted octanol–water partition coefficient (Wildman–Crippen LogP) is 4.48. The number of carbonyl (C=O) groups is 2. The molecule has 2 aromatic rings. The van der Waals surface area contributed by atoms with Crippen LogP contribution in [0.15, 0.2) is 42.6 Å². The molecule has 0 aromatic heterocycles. The van der Waals surface area contributed by atoms with E-state index >= 15 is 0 Å². The van der Waals surface area contributed by atoms with Crippen molar-refractivity contribution in [2.45, 2.75) is 19.4 Å². The monoisotopic (exact) mass is 389 g/mol. The van der Waals surface area contributed by atoms with Crippen LogP contribution < -0.4 is 11.1 Å². The molecule has 2 amide bonds. The molecule has 0 fully saturated rings. The Bertz CT molecular complexity index is 888. The molecule has 2 aromatic carbocycles. The van der Waals surface area contributed by atoms with Crippen molar-refractivity contribution < 1.29 is 9.59 Å². The molecule has 3 rings (SSSR count). The summed E-state index contributed by atoms with van der Waals surface area (Å²) in [6.45, 7) is 1.47. The largest absolute Gasteiger partial charge is 0.396 e. The van der Waals surface area contributed by atoms with Gasteiger partial charge >= 0.3 is 0 Å². The summed E-state index contributed by atoms with van der Waals surface area (Å²) in [4.78, 5) is 26.1. The lowest BCUT2D eigenvalue weighted by molar-refractivity contribution is -0.129. The number of hydrogen-bond acceptors (Lipinski definition) is 3. The molecule has 134 valence electrons. The number of anilines is 2. The molecule has 0 saturated heterocycles. The van der Waals surface area contributed by atoms with Gasteiger partial charge in [-0.1, -0.05) is 47.5 Å². The van der Waals surface area contributed by atoms with Crippen molar-refractivity contribution in [3.63, 3.8) is 0 Å². The number of halogens is 2. The van der Waals surface area contributed by atoms with Crippen LogP contribution >= 0.6 is 23.2 Å². The van der Waals surface area contributed by atoms with Gasteiger partial charge in [0.1, 0.15) is 0 Å². The topological polar surface area (TPSA) is 75.4 Å². The maximum Gasteiger partial charge on any atom is 0.226 e. The average Bonchev–Trinajstić information content (AvgIpc) is 2.59. The number of benzene rings is 2. The molecule has 3 N–H and O–H groups in total. The standard InChI is InChI=1S/C19H17Cl2N3O2/c1-11(25)24-7-6-12-4-2-3-5-14(12)17(24)10-18(26)23-13-8-15(20)19(22)16(21)9-13/h2-9,17H,10,22H2,1H3,(H,23,26). The van der Waals surface area contributed by atoms with E-state index in [1.165, 1.54) is 19.1 Å². The molecule has 5 nitrogen and oxygen atoms in total. The highest BCUT2D eigenvalue weighted by Crippen LogP contribution is 2.34. The molecule has 1 atom stereocenters. The van der Waals surface area contributed by atoms with Crippen molar-refractivity contribution in [3.05, 3.63) is 63.8 Å². The summed E-state index contributed by atoms with van der Waals surface area (Å²) in [5.74, 6) is -0.393. The molecule has 1 aliphatic heterocycles. The zero-order chi connectivity index (χ0) is 18.8. The van der Waals surface area contributed by atoms with Crippen molar-refractivity contribution in [1.82, 2.24) is 4.90 Å². The van der Waals surface area contributed by atoms with Gasteiger partial charge in [0.15, 0.2) is 0 Å². The molecule has 0 saturated carbocycles. The Hall–Kier alpha value is -2.50. The van der Waals surface area contributed by atoms with Gasteiger partial charge in [-0.3, -0.25) is 9.59 Å². The van der Waals surface area contributed by atoms with Crippen molar-refractivity contribution in [2.75, 3.05) is 11.1 Å². The minimum Gasteiger partial charge on any atom is -0.396 e. The van der Waals surface area contributed by atoms with Gasteiger partial charge in [-0.15, -0.1) is 0 Å². The summed E-state index contributed by atoms with van der Waals surface area (Å²) < 4.78 is 0. The number of amides is 2. The van der Waals surface area contributed by atoms with Crippen molar-refractivity contribution >= 4 is 52.5 Å². The van der Waals surface area contributed by atoms with Gasteiger partial charge in [-0.05, 0) is 29.3 Å². The van der Waals surface area contributed by atoms with Crippen LogP contribution in [0.2, 0.25) is 10.0 Å². The van der Waals surface area contributed by atoms with Crippen LogP contribution in [0.4, 0.5) is 11.4 Å². The molecule has 0 spiro atoms. The Morgan fingerprint density at radius 3 is 2.50 bits per heavy atom. The molecule has 0 bridgehead atoms. The van der Waals surface area contributed by atoms with Crippen molar-refractivity contribution in [3.8, 4) is 0 Å². The Morgan fingerprint density at radius 2 is 1.85 bits per heavy atom. The summed E-state index contributed by atoms with van der Waals surface area (Å²) in [6.07, 6.45) is 3.67. The van der Waals surface area contributed by atoms with Crippen LogP contribution in [0.1, 0.15) is 30.5 Å². The zero-order valence-electron chi connectivity index (χ0n) is 14.0. The van der Waals surface area contributed by atoms with Crippen LogP contribution in [0, 0.1) is 0 Å². The number of hydrogen-bond donors (Lipinski definition) is 2. The first-order chi connectivity index (χ1) is 12.4. The van der Waals surface area contributed by atoms with Gasteiger partial charge in [0, 0.05) is 18.8 Å². The van der Waals surface area contributed by atoms with E-state index in [1.807, 2.05) is 30.3 Å². The van der Waals surface area contributed by atoms with Crippen LogP contribution in [0.3, 0.4) is 0 Å². The van der Waals surface area contributed by atoms with E-state index in [4.69, 9.17) is 28.9 Å². The van der Waals surface area contributed by atoms with Gasteiger partial charge in [0.05, 0.1) is 28.2 Å². The van der Waals surface area contributed by atoms with E-state index in [9.17, 15) is 9.59 Å². The molecule has 0 radical (unpaired) electrons. The summed E-state index contributed by atoms with van der Waals surface area (Å²) in [5, 5.41) is 3.30. The molecule has 1 unspecified atom stereocenters. The Labute approximate surface area is 161 Å². The van der Waals surface area contributed by atoms with E-state index in [-0.39, 0.29) is 40.0 Å². The maximum absolute atomic E-state index is 12.6. The summed E-state index contributed by atoms with van der Waals surface area (Å²) in [6, 6.07) is 10.4. The van der Waals surface area contributed by atoms with Gasteiger partial charge in [-0.25, -0.2) is 0 Å². The first kappa shape index (κ1) is 18.3. The molecular weight excluding hydrogens is 373 g/mol. The van der Waals surface area contributed by atoms with Crippen LogP contribution in [-0.4, -0.2) is 16.7 Å². The fourth-order valence-corrected chi connectivity index (χ4v) is 3.44. The Kier molecular flexibility index (Phi) is 5.20. The van der Waals surface area contributed by atoms with E-state index in [1.54, 1.807) is 11.1 Å². The summed E-state index contributed by atoms with van der Waals surface area (Å²) >= 11 is 12.0. The summed E-state index contributed by atoms with van der Waals surface area (Å²) in [7, 11) is 0. The number of carbonyl (C=O) groups excluding carboxylic acids is 2. The molecule has 0 aliphatic carbocycles. The minimum atomic E-state index is -0.381. The van der Waals surface area contributed by atoms with E-state index in [2.05, 4.69) is 5.32 Å². The zero-order valence-corrected chi connectivity index (χ0v) is 15.5. The first-order valence-corrected chi connectivity index (χ1v) is 8.73. The quantitative estimate of drug-likeness (QED) is 0.759. The number of rotatable bonds is 3. The SMILES string of the molecule is CC(=O)N1C=Cc2ccccc2C1CC(=O)Nc1cc(Cl)c(N)c(Cl)c1. The number of nitrogen functional groups attached to an aromatic ring is 1. The molecular formula is C19H17Cl2N3O2. The summed E-state index contributed by atoms with van der Waals surface area (Å²) in [5.41, 5.74) is 8.34. The highest BCUT2D eigenvalue weighted by atomic mass is 35.5. The van der Waals surface area contributed by atoms with E-state index in [0.29, 0.717) is 5.69 Å². The third-order valence-corrected chi connectivity index (χ3v) is 4.84. The van der Waals surface area contributed by atoms with Gasteiger partial charge in [0.2, 0.25) is 11.8 Å². The van der Waals surface area contributed by atoms with E-state index < -0.39 is 0 Å². The van der Waals surface area contributed by atoms with Crippen LogP contribution in [-0.2, 0) is 9.59 Å². The van der Waals surface area contributed by atoms with Crippen LogP contribution in [0.25, 0.3) is 6.08 Å². The molecule has 1 heterocycles. The highest BCUT2D eigenvalue weighted by molar-refractivity contribution is 6.39. The van der Waals surface area contributed by atoms with Gasteiger partial charge in [0.25, 0.3) is 0 Å². The number of nitrogens with two attached hydrogens (primary N) is 1. The minimum absolute atomic E-state index is 0.0978. The second-order valence-electron chi connectivity index (χ2n) is 5.99. The smallest absolute Gasteiger partial charge is 0.226 e. The third kappa shape index (κ3) is 3.69. The van der Waals surface area contributed by atoms with Gasteiger partial charge < -0.3 is 16.0 Å². The van der Waals surface area contributed by atoms with Crippen molar-refractivity contribution in [1.29, 1.82) is 0 Å². The van der Waals surface area contributed by atoms with Gasteiger partial charge in [-0.2, -0.15) is 0 Å². The molecule has 7 heteroatoms.